The molecule has 0 radical (unpaired) electrons. The Morgan fingerprint density at radius 3 is 2.80 bits per heavy atom. The maximum Gasteiger partial charge on any atom is 0.282 e. The Hall–Kier alpha value is -2.90. The molecule has 8 heteroatoms. The van der Waals surface area contributed by atoms with Crippen LogP contribution >= 0.6 is 0 Å². The van der Waals surface area contributed by atoms with Crippen molar-refractivity contribution in [2.45, 2.75) is 6.54 Å². The number of nitro benzene ring substituents is 1. The van der Waals surface area contributed by atoms with Gasteiger partial charge < -0.3 is 11.1 Å². The third-order valence-corrected chi connectivity index (χ3v) is 2.85. The molecule has 0 saturated heterocycles. The first-order chi connectivity index (χ1) is 9.50. The molecule has 0 aliphatic rings. The molecule has 3 N–H and O–H groups in total. The van der Waals surface area contributed by atoms with Gasteiger partial charge in [0.1, 0.15) is 11.4 Å². The van der Waals surface area contributed by atoms with Gasteiger partial charge in [0.05, 0.1) is 11.1 Å². The van der Waals surface area contributed by atoms with Crippen molar-refractivity contribution in [3.63, 3.8) is 0 Å². The molecule has 1 amide bonds. The second-order valence-corrected chi connectivity index (χ2v) is 4.14. The van der Waals surface area contributed by atoms with Crippen LogP contribution in [-0.4, -0.2) is 20.6 Å². The number of nitrogens with two attached hydrogens (primary N) is 1. The van der Waals surface area contributed by atoms with Crippen LogP contribution in [0.25, 0.3) is 0 Å². The van der Waals surface area contributed by atoms with E-state index in [1.54, 1.807) is 13.1 Å². The summed E-state index contributed by atoms with van der Waals surface area (Å²) in [4.78, 5) is 22.2. The Morgan fingerprint density at radius 2 is 2.20 bits per heavy atom. The van der Waals surface area contributed by atoms with E-state index in [0.717, 1.165) is 0 Å². The lowest BCUT2D eigenvalue weighted by atomic mass is 10.1. The predicted molar refractivity (Wildman–Crippen MR) is 71.9 cm³/mol. The largest absolute Gasteiger partial charge is 0.384 e. The zero-order valence-electron chi connectivity index (χ0n) is 10.7. The minimum absolute atomic E-state index is 0.0139. The Bertz CT molecular complexity index is 665. The fourth-order valence-corrected chi connectivity index (χ4v) is 1.72. The quantitative estimate of drug-likeness (QED) is 0.633. The molecular weight excluding hydrogens is 262 g/mol. The number of hydrogen-bond donors (Lipinski definition) is 2. The van der Waals surface area contributed by atoms with Crippen LogP contribution in [0, 0.1) is 10.1 Å². The van der Waals surface area contributed by atoms with Gasteiger partial charge in [0.2, 0.25) is 0 Å². The monoisotopic (exact) mass is 275 g/mol. The lowest BCUT2D eigenvalue weighted by molar-refractivity contribution is -0.385. The van der Waals surface area contributed by atoms with Gasteiger partial charge in [0, 0.05) is 25.2 Å². The van der Waals surface area contributed by atoms with E-state index in [1.165, 1.54) is 29.1 Å². The van der Waals surface area contributed by atoms with Crippen LogP contribution in [0.1, 0.15) is 15.9 Å². The van der Waals surface area contributed by atoms with Gasteiger partial charge in [-0.25, -0.2) is 0 Å². The molecule has 0 aliphatic carbocycles. The van der Waals surface area contributed by atoms with E-state index in [-0.39, 0.29) is 17.8 Å². The Kier molecular flexibility index (Phi) is 3.65. The number of carbonyl (C=O) groups is 1. The van der Waals surface area contributed by atoms with Crippen LogP contribution in [0.2, 0.25) is 0 Å². The van der Waals surface area contributed by atoms with Crippen LogP contribution in [0.3, 0.4) is 0 Å². The number of rotatable bonds is 4. The van der Waals surface area contributed by atoms with E-state index in [1.807, 2.05) is 0 Å². The fraction of sp³-hybridized carbons (Fsp3) is 0.167. The molecule has 1 aromatic carbocycles. The number of anilines is 1. The van der Waals surface area contributed by atoms with Crippen LogP contribution in [0.5, 0.6) is 0 Å². The van der Waals surface area contributed by atoms with E-state index >= 15 is 0 Å². The van der Waals surface area contributed by atoms with Gasteiger partial charge in [0.15, 0.2) is 0 Å². The number of nitro groups is 1. The Labute approximate surface area is 114 Å². The van der Waals surface area contributed by atoms with Crippen molar-refractivity contribution in [2.75, 3.05) is 5.73 Å². The molecule has 0 saturated carbocycles. The number of hydrogen-bond acceptors (Lipinski definition) is 5. The van der Waals surface area contributed by atoms with Crippen LogP contribution in [-0.2, 0) is 13.6 Å². The lowest BCUT2D eigenvalue weighted by Gasteiger charge is -2.05. The average molecular weight is 275 g/mol. The van der Waals surface area contributed by atoms with Crippen molar-refractivity contribution in [1.29, 1.82) is 0 Å². The van der Waals surface area contributed by atoms with E-state index in [9.17, 15) is 14.9 Å². The number of benzene rings is 1. The number of carbonyl (C=O) groups excluding carboxylic acids is 1. The zero-order chi connectivity index (χ0) is 14.7. The summed E-state index contributed by atoms with van der Waals surface area (Å²) in [6.07, 6.45) is 1.54. The summed E-state index contributed by atoms with van der Waals surface area (Å²) in [5.74, 6) is -0.0894. The normalized spacial score (nSPS) is 10.2. The van der Waals surface area contributed by atoms with Crippen molar-refractivity contribution in [3.05, 3.63) is 51.7 Å². The summed E-state index contributed by atoms with van der Waals surface area (Å²) >= 11 is 0. The predicted octanol–water partition coefficient (Wildman–Crippen LogP) is 0.841. The van der Waals surface area contributed by atoms with Gasteiger partial charge in [-0.1, -0.05) is 12.1 Å². The first-order valence-electron chi connectivity index (χ1n) is 5.78. The average Bonchev–Trinajstić information content (AvgIpc) is 2.76. The third-order valence-electron chi connectivity index (χ3n) is 2.85. The summed E-state index contributed by atoms with van der Waals surface area (Å²) in [7, 11) is 1.68. The number of aromatic nitrogens is 2. The highest BCUT2D eigenvalue weighted by Gasteiger charge is 2.19. The molecule has 20 heavy (non-hydrogen) atoms. The summed E-state index contributed by atoms with van der Waals surface area (Å²) in [6.45, 7) is 0.157. The summed E-state index contributed by atoms with van der Waals surface area (Å²) in [5.41, 5.74) is 6.18. The zero-order valence-corrected chi connectivity index (χ0v) is 10.7. The van der Waals surface area contributed by atoms with E-state index in [0.29, 0.717) is 11.4 Å². The van der Waals surface area contributed by atoms with Crippen LogP contribution in [0.4, 0.5) is 11.5 Å². The minimum Gasteiger partial charge on any atom is -0.384 e. The summed E-state index contributed by atoms with van der Waals surface area (Å²) in [6, 6.07) is 5.77. The first-order valence-corrected chi connectivity index (χ1v) is 5.78. The number of nitrogen functional groups attached to an aromatic ring is 1. The smallest absolute Gasteiger partial charge is 0.282 e. The molecule has 1 heterocycles. The highest BCUT2D eigenvalue weighted by Crippen LogP contribution is 2.17. The molecule has 0 unspecified atom stereocenters. The molecule has 1 aromatic heterocycles. The SMILES string of the molecule is Cn1ncc(CNC(=O)c2ccccc2[N+](=O)[O-])c1N. The van der Waals surface area contributed by atoms with Gasteiger partial charge in [-0.3, -0.25) is 19.6 Å². The van der Waals surface area contributed by atoms with Crippen molar-refractivity contribution >= 4 is 17.4 Å². The molecule has 0 aliphatic heterocycles. The highest BCUT2D eigenvalue weighted by atomic mass is 16.6. The van der Waals surface area contributed by atoms with Crippen molar-refractivity contribution in [2.24, 2.45) is 7.05 Å². The second-order valence-electron chi connectivity index (χ2n) is 4.14. The van der Waals surface area contributed by atoms with Crippen LogP contribution in [0.15, 0.2) is 30.5 Å². The second kappa shape index (κ2) is 5.39. The molecule has 2 rings (SSSR count). The number of aryl methyl sites for hydroxylation is 1. The minimum atomic E-state index is -0.590. The fourth-order valence-electron chi connectivity index (χ4n) is 1.72. The summed E-state index contributed by atoms with van der Waals surface area (Å²) < 4.78 is 1.48. The Balaban J connectivity index is 2.13. The molecule has 0 fully saturated rings. The van der Waals surface area contributed by atoms with Gasteiger partial charge in [-0.15, -0.1) is 0 Å². The molecular formula is C12H13N5O3. The molecule has 0 bridgehead atoms. The Morgan fingerprint density at radius 1 is 1.50 bits per heavy atom. The summed E-state index contributed by atoms with van der Waals surface area (Å²) in [5, 5.41) is 17.4. The van der Waals surface area contributed by atoms with Crippen molar-refractivity contribution < 1.29 is 9.72 Å². The van der Waals surface area contributed by atoms with Gasteiger partial charge >= 0.3 is 0 Å². The third kappa shape index (κ3) is 2.58. The van der Waals surface area contributed by atoms with Gasteiger partial charge in [-0.05, 0) is 6.07 Å². The first kappa shape index (κ1) is 13.5. The van der Waals surface area contributed by atoms with Crippen molar-refractivity contribution in [1.82, 2.24) is 15.1 Å². The number of nitrogens with zero attached hydrogens (tertiary/aromatic N) is 3. The van der Waals surface area contributed by atoms with E-state index < -0.39 is 10.8 Å². The van der Waals surface area contributed by atoms with E-state index in [4.69, 9.17) is 5.73 Å². The topological polar surface area (TPSA) is 116 Å². The van der Waals surface area contributed by atoms with Crippen LogP contribution < -0.4 is 11.1 Å². The maximum atomic E-state index is 12.0. The van der Waals surface area contributed by atoms with Gasteiger partial charge in [0.25, 0.3) is 11.6 Å². The van der Waals surface area contributed by atoms with E-state index in [2.05, 4.69) is 10.4 Å². The molecule has 0 spiro atoms. The molecule has 8 nitrogen and oxygen atoms in total. The molecule has 104 valence electrons. The van der Waals surface area contributed by atoms with Crippen molar-refractivity contribution in [3.8, 4) is 0 Å². The maximum absolute atomic E-state index is 12.0. The lowest BCUT2D eigenvalue weighted by Crippen LogP contribution is -2.24. The number of amides is 1. The number of para-hydroxylation sites is 1. The molecule has 0 atom stereocenters. The number of nitrogens with one attached hydrogen (secondary N) is 1. The molecule has 2 aromatic rings. The highest BCUT2D eigenvalue weighted by molar-refractivity contribution is 5.98. The van der Waals surface area contributed by atoms with Gasteiger partial charge in [-0.2, -0.15) is 5.10 Å². The standard InChI is InChI=1S/C12H13N5O3/c1-16-11(13)8(7-15-16)6-14-12(18)9-4-2-3-5-10(9)17(19)20/h2-5,7H,6,13H2,1H3,(H,14,18).